The Labute approximate surface area is 98.0 Å². The first-order chi connectivity index (χ1) is 7.70. The minimum Gasteiger partial charge on any atom is -0.372 e. The molecule has 4 heteroatoms. The van der Waals surface area contributed by atoms with Gasteiger partial charge in [0.1, 0.15) is 6.10 Å². The maximum Gasteiger partial charge on any atom is 0.253 e. The molecule has 1 amide bonds. The van der Waals surface area contributed by atoms with Gasteiger partial charge in [-0.1, -0.05) is 0 Å². The first kappa shape index (κ1) is 11.1. The molecule has 1 aromatic heterocycles. The molecule has 0 bridgehead atoms. The van der Waals surface area contributed by atoms with Gasteiger partial charge in [0.25, 0.3) is 5.91 Å². The monoisotopic (exact) mass is 235 g/mol. The first-order valence-corrected chi connectivity index (χ1v) is 5.89. The molecule has 1 heterocycles. The molecule has 1 unspecified atom stereocenters. The van der Waals surface area contributed by atoms with Crippen LogP contribution >= 0.6 is 11.3 Å². The number of ether oxygens (including phenoxy) is 1. The van der Waals surface area contributed by atoms with Crippen molar-refractivity contribution in [2.75, 3.05) is 12.4 Å². The highest BCUT2D eigenvalue weighted by molar-refractivity contribution is 7.17. The molecule has 2 aromatic rings. The van der Waals surface area contributed by atoms with Crippen LogP contribution in [-0.4, -0.2) is 19.1 Å². The van der Waals surface area contributed by atoms with Crippen LogP contribution in [0.25, 0.3) is 10.1 Å². The van der Waals surface area contributed by atoms with E-state index in [-0.39, 0.29) is 5.91 Å². The quantitative estimate of drug-likeness (QED) is 0.888. The van der Waals surface area contributed by atoms with Crippen LogP contribution in [0.1, 0.15) is 6.92 Å². The van der Waals surface area contributed by atoms with Gasteiger partial charge in [0.05, 0.1) is 0 Å². The van der Waals surface area contributed by atoms with Crippen molar-refractivity contribution in [3.63, 3.8) is 0 Å². The smallest absolute Gasteiger partial charge is 0.253 e. The van der Waals surface area contributed by atoms with Crippen molar-refractivity contribution >= 4 is 33.0 Å². The van der Waals surface area contributed by atoms with E-state index < -0.39 is 6.10 Å². The fourth-order valence-electron chi connectivity index (χ4n) is 1.40. The number of benzene rings is 1. The molecule has 2 rings (SSSR count). The zero-order valence-corrected chi connectivity index (χ0v) is 10.0. The summed E-state index contributed by atoms with van der Waals surface area (Å²) >= 11 is 1.69. The maximum atomic E-state index is 11.6. The molecule has 0 saturated carbocycles. The predicted molar refractivity (Wildman–Crippen MR) is 66.9 cm³/mol. The fraction of sp³-hybridized carbons (Fsp3) is 0.250. The lowest BCUT2D eigenvalue weighted by molar-refractivity contribution is -0.124. The SMILES string of the molecule is COC(C)C(=O)Nc1ccc2sccc2c1. The number of nitrogens with one attached hydrogen (secondary N) is 1. The molecule has 3 nitrogen and oxygen atoms in total. The molecule has 0 aliphatic rings. The molecule has 84 valence electrons. The third kappa shape index (κ3) is 2.23. The van der Waals surface area contributed by atoms with E-state index in [0.717, 1.165) is 11.1 Å². The van der Waals surface area contributed by atoms with Crippen molar-refractivity contribution in [1.82, 2.24) is 0 Å². The molecule has 0 aliphatic carbocycles. The Morgan fingerprint density at radius 2 is 2.25 bits per heavy atom. The molecule has 0 spiro atoms. The predicted octanol–water partition coefficient (Wildman–Crippen LogP) is 2.87. The normalized spacial score (nSPS) is 12.6. The van der Waals surface area contributed by atoms with Gasteiger partial charge >= 0.3 is 0 Å². The number of hydrogen-bond donors (Lipinski definition) is 1. The van der Waals surface area contributed by atoms with Gasteiger partial charge in [-0.25, -0.2) is 0 Å². The average Bonchev–Trinajstić information content (AvgIpc) is 2.75. The molecule has 1 aromatic carbocycles. The van der Waals surface area contributed by atoms with Gasteiger partial charge < -0.3 is 10.1 Å². The Morgan fingerprint density at radius 1 is 1.44 bits per heavy atom. The van der Waals surface area contributed by atoms with Gasteiger partial charge in [-0.05, 0) is 42.0 Å². The molecule has 1 N–H and O–H groups in total. The van der Waals surface area contributed by atoms with E-state index in [4.69, 9.17) is 4.74 Å². The number of carbonyl (C=O) groups is 1. The summed E-state index contributed by atoms with van der Waals surface area (Å²) in [6.07, 6.45) is -0.432. The number of fused-ring (bicyclic) bond motifs is 1. The number of amides is 1. The Hall–Kier alpha value is -1.39. The van der Waals surface area contributed by atoms with Crippen LogP contribution in [-0.2, 0) is 9.53 Å². The van der Waals surface area contributed by atoms with Crippen molar-refractivity contribution in [2.24, 2.45) is 0 Å². The number of anilines is 1. The van der Waals surface area contributed by atoms with E-state index in [1.54, 1.807) is 18.3 Å². The summed E-state index contributed by atoms with van der Waals surface area (Å²) in [4.78, 5) is 11.6. The lowest BCUT2D eigenvalue weighted by atomic mass is 10.2. The Balaban J connectivity index is 2.17. The number of methoxy groups -OCH3 is 1. The maximum absolute atomic E-state index is 11.6. The summed E-state index contributed by atoms with van der Waals surface area (Å²) in [5.74, 6) is -0.128. The van der Waals surface area contributed by atoms with Gasteiger partial charge in [-0.2, -0.15) is 0 Å². The molecular weight excluding hydrogens is 222 g/mol. The van der Waals surface area contributed by atoms with E-state index in [0.29, 0.717) is 0 Å². The second-order valence-corrected chi connectivity index (χ2v) is 4.49. The van der Waals surface area contributed by atoms with Gasteiger partial charge in [-0.3, -0.25) is 4.79 Å². The number of thiophene rings is 1. The second-order valence-electron chi connectivity index (χ2n) is 3.54. The van der Waals surface area contributed by atoms with Crippen molar-refractivity contribution in [1.29, 1.82) is 0 Å². The van der Waals surface area contributed by atoms with Crippen molar-refractivity contribution < 1.29 is 9.53 Å². The van der Waals surface area contributed by atoms with Crippen molar-refractivity contribution in [3.05, 3.63) is 29.6 Å². The third-order valence-electron chi connectivity index (χ3n) is 2.44. The molecule has 0 saturated heterocycles. The molecule has 0 radical (unpaired) electrons. The largest absolute Gasteiger partial charge is 0.372 e. The van der Waals surface area contributed by atoms with Gasteiger partial charge in [0.15, 0.2) is 0 Å². The van der Waals surface area contributed by atoms with Gasteiger partial charge in [0, 0.05) is 17.5 Å². The van der Waals surface area contributed by atoms with E-state index in [2.05, 4.69) is 5.32 Å². The summed E-state index contributed by atoms with van der Waals surface area (Å²) < 4.78 is 6.17. The Bertz CT molecular complexity index is 506. The molecule has 16 heavy (non-hydrogen) atoms. The Kier molecular flexibility index (Phi) is 3.22. The second kappa shape index (κ2) is 4.63. The van der Waals surface area contributed by atoms with Crippen LogP contribution in [0.4, 0.5) is 5.69 Å². The molecular formula is C12H13NO2S. The van der Waals surface area contributed by atoms with E-state index in [1.807, 2.05) is 29.6 Å². The van der Waals surface area contributed by atoms with Gasteiger partial charge in [0.2, 0.25) is 0 Å². The Morgan fingerprint density at radius 3 is 3.00 bits per heavy atom. The zero-order chi connectivity index (χ0) is 11.5. The van der Waals surface area contributed by atoms with Crippen molar-refractivity contribution in [3.8, 4) is 0 Å². The minimum atomic E-state index is -0.432. The molecule has 1 atom stereocenters. The third-order valence-corrected chi connectivity index (χ3v) is 3.34. The highest BCUT2D eigenvalue weighted by atomic mass is 32.1. The summed E-state index contributed by atoms with van der Waals surface area (Å²) in [6, 6.07) is 7.91. The number of hydrogen-bond acceptors (Lipinski definition) is 3. The summed E-state index contributed by atoms with van der Waals surface area (Å²) in [6.45, 7) is 1.72. The molecule has 0 fully saturated rings. The van der Waals surface area contributed by atoms with Crippen LogP contribution in [0.5, 0.6) is 0 Å². The fourth-order valence-corrected chi connectivity index (χ4v) is 2.17. The summed E-state index contributed by atoms with van der Waals surface area (Å²) in [5, 5.41) is 6.00. The highest BCUT2D eigenvalue weighted by Crippen LogP contribution is 2.24. The summed E-state index contributed by atoms with van der Waals surface area (Å²) in [5.41, 5.74) is 0.805. The van der Waals surface area contributed by atoms with E-state index in [1.165, 1.54) is 11.8 Å². The lowest BCUT2D eigenvalue weighted by Gasteiger charge is -2.10. The standard InChI is InChI=1S/C12H13NO2S/c1-8(15-2)12(14)13-10-3-4-11-9(7-10)5-6-16-11/h3-8H,1-2H3,(H,13,14). The lowest BCUT2D eigenvalue weighted by Crippen LogP contribution is -2.26. The van der Waals surface area contributed by atoms with Crippen LogP contribution < -0.4 is 5.32 Å². The zero-order valence-electron chi connectivity index (χ0n) is 9.19. The number of rotatable bonds is 3. The number of carbonyl (C=O) groups excluding carboxylic acids is 1. The highest BCUT2D eigenvalue weighted by Gasteiger charge is 2.11. The van der Waals surface area contributed by atoms with E-state index >= 15 is 0 Å². The minimum absolute atomic E-state index is 0.128. The topological polar surface area (TPSA) is 38.3 Å². The average molecular weight is 235 g/mol. The van der Waals surface area contributed by atoms with Gasteiger partial charge in [-0.15, -0.1) is 11.3 Å². The first-order valence-electron chi connectivity index (χ1n) is 5.01. The summed E-state index contributed by atoms with van der Waals surface area (Å²) in [7, 11) is 1.52. The molecule has 0 aliphatic heterocycles. The van der Waals surface area contributed by atoms with E-state index in [9.17, 15) is 4.79 Å². The van der Waals surface area contributed by atoms with Crippen LogP contribution in [0, 0.1) is 0 Å². The van der Waals surface area contributed by atoms with Crippen LogP contribution in [0.2, 0.25) is 0 Å². The van der Waals surface area contributed by atoms with Crippen LogP contribution in [0.3, 0.4) is 0 Å². The van der Waals surface area contributed by atoms with Crippen molar-refractivity contribution in [2.45, 2.75) is 13.0 Å². The van der Waals surface area contributed by atoms with Crippen LogP contribution in [0.15, 0.2) is 29.6 Å².